The van der Waals surface area contributed by atoms with Crippen molar-refractivity contribution in [3.63, 3.8) is 0 Å². The summed E-state index contributed by atoms with van der Waals surface area (Å²) in [5.74, 6) is 1.83. The average Bonchev–Trinajstić information content (AvgIpc) is 2.99. The number of thiophene rings is 1. The van der Waals surface area contributed by atoms with Crippen molar-refractivity contribution < 1.29 is 4.74 Å². The highest BCUT2D eigenvalue weighted by molar-refractivity contribution is 7.10. The van der Waals surface area contributed by atoms with E-state index in [9.17, 15) is 0 Å². The van der Waals surface area contributed by atoms with Crippen molar-refractivity contribution in [1.29, 1.82) is 0 Å². The van der Waals surface area contributed by atoms with Gasteiger partial charge in [0.25, 0.3) is 0 Å². The number of hydrogen-bond acceptors (Lipinski definition) is 5. The molecule has 0 saturated carbocycles. The summed E-state index contributed by atoms with van der Waals surface area (Å²) in [5, 5.41) is 2.09. The monoisotopic (exact) mass is 305 g/mol. The van der Waals surface area contributed by atoms with Gasteiger partial charge in [-0.3, -0.25) is 0 Å². The van der Waals surface area contributed by atoms with Crippen LogP contribution in [-0.2, 0) is 0 Å². The summed E-state index contributed by atoms with van der Waals surface area (Å²) in [6.45, 7) is 6.99. The molecule has 21 heavy (non-hydrogen) atoms. The number of nitrogen functional groups attached to an aromatic ring is 1. The lowest BCUT2D eigenvalue weighted by Crippen LogP contribution is -2.22. The van der Waals surface area contributed by atoms with E-state index >= 15 is 0 Å². The maximum Gasteiger partial charge on any atom is 0.239 e. The number of pyridine rings is 1. The summed E-state index contributed by atoms with van der Waals surface area (Å²) < 4.78 is 5.70. The number of aromatic nitrogens is 1. The van der Waals surface area contributed by atoms with Gasteiger partial charge in [0, 0.05) is 11.9 Å². The van der Waals surface area contributed by atoms with Crippen molar-refractivity contribution in [2.24, 2.45) is 5.92 Å². The molecule has 1 atom stereocenters. The second-order valence-electron chi connectivity index (χ2n) is 5.57. The zero-order valence-corrected chi connectivity index (χ0v) is 13.9. The van der Waals surface area contributed by atoms with Gasteiger partial charge in [-0.15, -0.1) is 11.3 Å². The van der Waals surface area contributed by atoms with E-state index in [1.54, 1.807) is 11.3 Å². The summed E-state index contributed by atoms with van der Waals surface area (Å²) in [7, 11) is 2.04. The predicted octanol–water partition coefficient (Wildman–Crippen LogP) is 3.96. The van der Waals surface area contributed by atoms with Crippen LogP contribution in [0, 0.1) is 5.92 Å². The number of nitrogens with zero attached hydrogens (tertiary/aromatic N) is 2. The number of rotatable bonds is 6. The normalized spacial score (nSPS) is 12.4. The third-order valence-corrected chi connectivity index (χ3v) is 4.37. The molecule has 0 aromatic carbocycles. The molecule has 0 aliphatic heterocycles. The molecule has 0 saturated heterocycles. The van der Waals surface area contributed by atoms with Crippen LogP contribution in [0.15, 0.2) is 29.6 Å². The zero-order chi connectivity index (χ0) is 15.4. The van der Waals surface area contributed by atoms with Crippen LogP contribution < -0.4 is 15.4 Å². The Balaban J connectivity index is 2.17. The van der Waals surface area contributed by atoms with Gasteiger partial charge in [0.1, 0.15) is 5.82 Å². The van der Waals surface area contributed by atoms with Gasteiger partial charge in [-0.25, -0.2) is 0 Å². The van der Waals surface area contributed by atoms with Crippen LogP contribution in [0.5, 0.6) is 5.88 Å². The first kappa shape index (κ1) is 15.6. The lowest BCUT2D eigenvalue weighted by atomic mass is 10.2. The Kier molecular flexibility index (Phi) is 5.07. The molecule has 0 spiro atoms. The molecular formula is C16H23N3OS. The van der Waals surface area contributed by atoms with Crippen LogP contribution in [0.1, 0.15) is 31.7 Å². The standard InChI is InChI=1S/C16H23N3OS/c1-11(2)10-20-16-13(17)7-8-15(18-16)19(4)12(3)14-6-5-9-21-14/h5-9,11-12H,10,17H2,1-4H3. The molecule has 5 heteroatoms. The second kappa shape index (κ2) is 6.80. The van der Waals surface area contributed by atoms with Gasteiger partial charge in [-0.2, -0.15) is 4.98 Å². The van der Waals surface area contributed by atoms with E-state index < -0.39 is 0 Å². The van der Waals surface area contributed by atoms with Crippen LogP contribution in [0.4, 0.5) is 11.5 Å². The topological polar surface area (TPSA) is 51.4 Å². The fourth-order valence-corrected chi connectivity index (χ4v) is 2.74. The molecule has 0 aliphatic carbocycles. The highest BCUT2D eigenvalue weighted by Gasteiger charge is 2.16. The van der Waals surface area contributed by atoms with Gasteiger partial charge in [-0.1, -0.05) is 19.9 Å². The van der Waals surface area contributed by atoms with Gasteiger partial charge in [-0.05, 0) is 36.4 Å². The van der Waals surface area contributed by atoms with Crippen LogP contribution in [0.3, 0.4) is 0 Å². The van der Waals surface area contributed by atoms with E-state index in [4.69, 9.17) is 10.5 Å². The van der Waals surface area contributed by atoms with Crippen LogP contribution in [-0.4, -0.2) is 18.6 Å². The quantitative estimate of drug-likeness (QED) is 0.877. The molecule has 0 fully saturated rings. The summed E-state index contributed by atoms with van der Waals surface area (Å²) >= 11 is 1.75. The van der Waals surface area contributed by atoms with Crippen molar-refractivity contribution in [3.8, 4) is 5.88 Å². The lowest BCUT2D eigenvalue weighted by Gasteiger charge is -2.25. The molecule has 0 amide bonds. The Hall–Kier alpha value is -1.75. The number of ether oxygens (including phenoxy) is 1. The molecule has 2 aromatic rings. The summed E-state index contributed by atoms with van der Waals surface area (Å²) in [4.78, 5) is 8.00. The van der Waals surface area contributed by atoms with Crippen molar-refractivity contribution in [3.05, 3.63) is 34.5 Å². The van der Waals surface area contributed by atoms with Crippen LogP contribution in [0.25, 0.3) is 0 Å². The zero-order valence-electron chi connectivity index (χ0n) is 13.0. The Bertz CT molecular complexity index is 569. The van der Waals surface area contributed by atoms with Crippen molar-refractivity contribution in [2.45, 2.75) is 26.8 Å². The largest absolute Gasteiger partial charge is 0.476 e. The Morgan fingerprint density at radius 1 is 1.29 bits per heavy atom. The first-order valence-electron chi connectivity index (χ1n) is 7.14. The molecule has 2 N–H and O–H groups in total. The second-order valence-corrected chi connectivity index (χ2v) is 6.55. The van der Waals surface area contributed by atoms with E-state index in [0.29, 0.717) is 24.1 Å². The third-order valence-electron chi connectivity index (χ3n) is 3.33. The molecule has 0 radical (unpaired) electrons. The minimum absolute atomic E-state index is 0.263. The summed E-state index contributed by atoms with van der Waals surface area (Å²) in [6.07, 6.45) is 0. The number of nitrogens with two attached hydrogens (primary N) is 1. The van der Waals surface area contributed by atoms with Crippen LogP contribution in [0.2, 0.25) is 0 Å². The van der Waals surface area contributed by atoms with Gasteiger partial charge in [0.05, 0.1) is 18.3 Å². The van der Waals surface area contributed by atoms with Gasteiger partial charge in [0.2, 0.25) is 5.88 Å². The van der Waals surface area contributed by atoms with Crippen molar-refractivity contribution in [1.82, 2.24) is 4.98 Å². The first-order chi connectivity index (χ1) is 9.99. The predicted molar refractivity (Wildman–Crippen MR) is 90.1 cm³/mol. The summed E-state index contributed by atoms with van der Waals surface area (Å²) in [6, 6.07) is 8.26. The molecule has 2 heterocycles. The number of anilines is 2. The molecule has 0 bridgehead atoms. The molecule has 2 aromatic heterocycles. The molecule has 0 aliphatic rings. The van der Waals surface area contributed by atoms with Crippen molar-refractivity contribution in [2.75, 3.05) is 24.3 Å². The van der Waals surface area contributed by atoms with Crippen molar-refractivity contribution >= 4 is 22.8 Å². The smallest absolute Gasteiger partial charge is 0.239 e. The fourth-order valence-electron chi connectivity index (χ4n) is 1.92. The Labute approximate surface area is 130 Å². The Morgan fingerprint density at radius 2 is 2.05 bits per heavy atom. The van der Waals surface area contributed by atoms with Gasteiger partial charge >= 0.3 is 0 Å². The number of hydrogen-bond donors (Lipinski definition) is 1. The third kappa shape index (κ3) is 3.88. The van der Waals surface area contributed by atoms with Crippen LogP contribution >= 0.6 is 11.3 Å². The van der Waals surface area contributed by atoms with Gasteiger partial charge in [0.15, 0.2) is 0 Å². The minimum atomic E-state index is 0.263. The van der Waals surface area contributed by atoms with E-state index in [2.05, 4.69) is 48.2 Å². The Morgan fingerprint density at radius 3 is 2.67 bits per heavy atom. The molecule has 4 nitrogen and oxygen atoms in total. The molecule has 1 unspecified atom stereocenters. The van der Waals surface area contributed by atoms with E-state index in [1.807, 2.05) is 19.2 Å². The van der Waals surface area contributed by atoms with Gasteiger partial charge < -0.3 is 15.4 Å². The maximum atomic E-state index is 5.94. The molecule has 2 rings (SSSR count). The fraction of sp³-hybridized carbons (Fsp3) is 0.438. The molecular weight excluding hydrogens is 282 g/mol. The molecule has 114 valence electrons. The van der Waals surface area contributed by atoms with E-state index in [-0.39, 0.29) is 6.04 Å². The summed E-state index contributed by atoms with van der Waals surface area (Å²) in [5.41, 5.74) is 6.52. The minimum Gasteiger partial charge on any atom is -0.476 e. The highest BCUT2D eigenvalue weighted by Crippen LogP contribution is 2.30. The van der Waals surface area contributed by atoms with E-state index in [0.717, 1.165) is 5.82 Å². The van der Waals surface area contributed by atoms with E-state index in [1.165, 1.54) is 4.88 Å². The maximum absolute atomic E-state index is 5.94. The highest BCUT2D eigenvalue weighted by atomic mass is 32.1. The lowest BCUT2D eigenvalue weighted by molar-refractivity contribution is 0.263. The first-order valence-corrected chi connectivity index (χ1v) is 8.02. The SMILES string of the molecule is CC(C)COc1nc(N(C)C(C)c2cccs2)ccc1N. The average molecular weight is 305 g/mol.